The standard InChI is InChI=1S/C11H15BrN2O3/c1-3-9(11(15)14-13)17-10-5-4-7(16-2)6-8(10)12/h4-6,9H,3,13H2,1-2H3,(H,14,15). The van der Waals surface area contributed by atoms with Crippen LogP contribution in [0.2, 0.25) is 0 Å². The molecule has 1 amide bonds. The van der Waals surface area contributed by atoms with Crippen LogP contribution in [-0.2, 0) is 4.79 Å². The number of amides is 1. The van der Waals surface area contributed by atoms with E-state index in [1.165, 1.54) is 0 Å². The van der Waals surface area contributed by atoms with Gasteiger partial charge in [-0.25, -0.2) is 5.84 Å². The molecule has 0 saturated heterocycles. The minimum atomic E-state index is -0.607. The Morgan fingerprint density at radius 2 is 2.29 bits per heavy atom. The van der Waals surface area contributed by atoms with E-state index in [4.69, 9.17) is 15.3 Å². The molecule has 94 valence electrons. The molecule has 0 aliphatic rings. The van der Waals surface area contributed by atoms with Gasteiger partial charge in [0.2, 0.25) is 0 Å². The monoisotopic (exact) mass is 302 g/mol. The average Bonchev–Trinajstić information content (AvgIpc) is 2.36. The molecule has 0 aliphatic carbocycles. The van der Waals surface area contributed by atoms with Crippen molar-refractivity contribution in [2.45, 2.75) is 19.4 Å². The summed E-state index contributed by atoms with van der Waals surface area (Å²) >= 11 is 3.35. The summed E-state index contributed by atoms with van der Waals surface area (Å²) in [5.41, 5.74) is 2.07. The lowest BCUT2D eigenvalue weighted by Gasteiger charge is -2.17. The number of nitrogens with two attached hydrogens (primary N) is 1. The smallest absolute Gasteiger partial charge is 0.274 e. The molecule has 1 aromatic rings. The van der Waals surface area contributed by atoms with Crippen molar-refractivity contribution < 1.29 is 14.3 Å². The van der Waals surface area contributed by atoms with Gasteiger partial charge in [0, 0.05) is 0 Å². The van der Waals surface area contributed by atoms with E-state index < -0.39 is 6.10 Å². The number of methoxy groups -OCH3 is 1. The van der Waals surface area contributed by atoms with E-state index >= 15 is 0 Å². The number of hydrogen-bond donors (Lipinski definition) is 2. The summed E-state index contributed by atoms with van der Waals surface area (Å²) in [6.45, 7) is 1.84. The molecule has 0 spiro atoms. The molecule has 17 heavy (non-hydrogen) atoms. The molecule has 0 fully saturated rings. The zero-order valence-corrected chi connectivity index (χ0v) is 11.3. The van der Waals surface area contributed by atoms with E-state index in [0.717, 1.165) is 4.47 Å². The molecule has 3 N–H and O–H groups in total. The summed E-state index contributed by atoms with van der Waals surface area (Å²) in [6.07, 6.45) is -0.0775. The number of hydrazine groups is 1. The van der Waals surface area contributed by atoms with Crippen LogP contribution in [0.3, 0.4) is 0 Å². The van der Waals surface area contributed by atoms with Crippen LogP contribution >= 0.6 is 15.9 Å². The van der Waals surface area contributed by atoms with Gasteiger partial charge in [-0.05, 0) is 40.5 Å². The second-order valence-electron chi connectivity index (χ2n) is 3.32. The van der Waals surface area contributed by atoms with E-state index in [9.17, 15) is 4.79 Å². The summed E-state index contributed by atoms with van der Waals surface area (Å²) in [4.78, 5) is 11.4. The van der Waals surface area contributed by atoms with Crippen LogP contribution in [0.15, 0.2) is 22.7 Å². The number of carbonyl (C=O) groups excluding carboxylic acids is 1. The minimum Gasteiger partial charge on any atom is -0.497 e. The van der Waals surface area contributed by atoms with Crippen molar-refractivity contribution >= 4 is 21.8 Å². The van der Waals surface area contributed by atoms with Gasteiger partial charge < -0.3 is 9.47 Å². The Balaban J connectivity index is 2.83. The number of ether oxygens (including phenoxy) is 2. The van der Waals surface area contributed by atoms with Gasteiger partial charge in [0.15, 0.2) is 6.10 Å². The van der Waals surface area contributed by atoms with Crippen molar-refractivity contribution in [1.82, 2.24) is 5.43 Å². The molecule has 0 aromatic heterocycles. The van der Waals surface area contributed by atoms with Crippen LogP contribution in [0.4, 0.5) is 0 Å². The molecule has 0 heterocycles. The Hall–Kier alpha value is -1.27. The maximum absolute atomic E-state index is 11.4. The molecule has 5 nitrogen and oxygen atoms in total. The minimum absolute atomic E-state index is 0.352. The summed E-state index contributed by atoms with van der Waals surface area (Å²) in [7, 11) is 1.58. The number of carbonyl (C=O) groups is 1. The van der Waals surface area contributed by atoms with Crippen molar-refractivity contribution in [3.05, 3.63) is 22.7 Å². The molecule has 1 rings (SSSR count). The molecule has 0 saturated carbocycles. The van der Waals surface area contributed by atoms with Gasteiger partial charge in [-0.15, -0.1) is 0 Å². The molecule has 1 atom stereocenters. The molecule has 0 aliphatic heterocycles. The third-order valence-electron chi connectivity index (χ3n) is 2.21. The van der Waals surface area contributed by atoms with E-state index in [1.54, 1.807) is 25.3 Å². The van der Waals surface area contributed by atoms with Gasteiger partial charge in [0.05, 0.1) is 11.6 Å². The summed E-state index contributed by atoms with van der Waals surface area (Å²) in [6, 6.07) is 5.25. The summed E-state index contributed by atoms with van der Waals surface area (Å²) in [5, 5.41) is 0. The first-order valence-electron chi connectivity index (χ1n) is 5.13. The second-order valence-corrected chi connectivity index (χ2v) is 4.17. The van der Waals surface area contributed by atoms with E-state index in [2.05, 4.69) is 21.4 Å². The highest BCUT2D eigenvalue weighted by Crippen LogP contribution is 2.30. The second kappa shape index (κ2) is 6.46. The first-order valence-corrected chi connectivity index (χ1v) is 5.92. The highest BCUT2D eigenvalue weighted by Gasteiger charge is 2.18. The lowest BCUT2D eigenvalue weighted by atomic mass is 10.2. The predicted octanol–water partition coefficient (Wildman–Crippen LogP) is 1.60. The highest BCUT2D eigenvalue weighted by molar-refractivity contribution is 9.10. The van der Waals surface area contributed by atoms with E-state index in [0.29, 0.717) is 17.9 Å². The van der Waals surface area contributed by atoms with Gasteiger partial charge in [-0.1, -0.05) is 6.92 Å². The Morgan fingerprint density at radius 1 is 1.59 bits per heavy atom. The van der Waals surface area contributed by atoms with Crippen molar-refractivity contribution in [2.24, 2.45) is 5.84 Å². The topological polar surface area (TPSA) is 73.6 Å². The van der Waals surface area contributed by atoms with Crippen LogP contribution in [0.1, 0.15) is 13.3 Å². The van der Waals surface area contributed by atoms with Gasteiger partial charge >= 0.3 is 0 Å². The fraction of sp³-hybridized carbons (Fsp3) is 0.364. The van der Waals surface area contributed by atoms with Gasteiger partial charge in [-0.2, -0.15) is 0 Å². The maximum Gasteiger partial charge on any atom is 0.274 e. The van der Waals surface area contributed by atoms with Crippen molar-refractivity contribution in [1.29, 1.82) is 0 Å². The fourth-order valence-corrected chi connectivity index (χ4v) is 1.72. The quantitative estimate of drug-likeness (QED) is 0.492. The van der Waals surface area contributed by atoms with Crippen molar-refractivity contribution in [3.63, 3.8) is 0 Å². The van der Waals surface area contributed by atoms with E-state index in [1.807, 2.05) is 6.92 Å². The Labute approximate surface area is 108 Å². The molecule has 0 radical (unpaired) electrons. The van der Waals surface area contributed by atoms with E-state index in [-0.39, 0.29) is 5.91 Å². The Morgan fingerprint density at radius 3 is 2.76 bits per heavy atom. The van der Waals surface area contributed by atoms with Crippen LogP contribution in [0, 0.1) is 0 Å². The third kappa shape index (κ3) is 3.61. The SMILES string of the molecule is CCC(Oc1ccc(OC)cc1Br)C(=O)NN. The average molecular weight is 303 g/mol. The van der Waals surface area contributed by atoms with Gasteiger partial charge in [0.25, 0.3) is 5.91 Å². The lowest BCUT2D eigenvalue weighted by Crippen LogP contribution is -2.41. The zero-order valence-electron chi connectivity index (χ0n) is 9.70. The number of rotatable bonds is 5. The van der Waals surface area contributed by atoms with Crippen molar-refractivity contribution in [3.8, 4) is 11.5 Å². The number of hydrogen-bond acceptors (Lipinski definition) is 4. The Bertz CT molecular complexity index is 398. The van der Waals surface area contributed by atoms with Crippen LogP contribution in [0.25, 0.3) is 0 Å². The highest BCUT2D eigenvalue weighted by atomic mass is 79.9. The normalized spacial score (nSPS) is 11.8. The molecular weight excluding hydrogens is 288 g/mol. The number of halogens is 1. The number of nitrogens with one attached hydrogen (secondary N) is 1. The molecule has 6 heteroatoms. The fourth-order valence-electron chi connectivity index (χ4n) is 1.27. The molecule has 1 unspecified atom stereocenters. The third-order valence-corrected chi connectivity index (χ3v) is 2.83. The maximum atomic E-state index is 11.4. The molecule has 0 bridgehead atoms. The Kier molecular flexibility index (Phi) is 5.24. The number of benzene rings is 1. The summed E-state index contributed by atoms with van der Waals surface area (Å²) < 4.78 is 11.3. The van der Waals surface area contributed by atoms with Crippen LogP contribution in [-0.4, -0.2) is 19.1 Å². The van der Waals surface area contributed by atoms with Crippen LogP contribution in [0.5, 0.6) is 11.5 Å². The van der Waals surface area contributed by atoms with Crippen LogP contribution < -0.4 is 20.7 Å². The first kappa shape index (κ1) is 13.8. The van der Waals surface area contributed by atoms with Crippen molar-refractivity contribution in [2.75, 3.05) is 7.11 Å². The zero-order chi connectivity index (χ0) is 12.8. The first-order chi connectivity index (χ1) is 8.12. The van der Waals surface area contributed by atoms with Gasteiger partial charge in [0.1, 0.15) is 11.5 Å². The van der Waals surface area contributed by atoms with Gasteiger partial charge in [-0.3, -0.25) is 10.2 Å². The lowest BCUT2D eigenvalue weighted by molar-refractivity contribution is -0.128. The molecular formula is C11H15BrN2O3. The summed E-state index contributed by atoms with van der Waals surface area (Å²) in [5.74, 6) is 6.00. The molecule has 1 aromatic carbocycles. The largest absolute Gasteiger partial charge is 0.497 e. The predicted molar refractivity (Wildman–Crippen MR) is 67.7 cm³/mol.